The molecule has 0 amide bonds. The maximum Gasteiger partial charge on any atom is 0.255 e. The van der Waals surface area contributed by atoms with Gasteiger partial charge in [0.15, 0.2) is 0 Å². The van der Waals surface area contributed by atoms with Gasteiger partial charge in [0.1, 0.15) is 11.6 Å². The molecule has 0 spiro atoms. The summed E-state index contributed by atoms with van der Waals surface area (Å²) in [7, 11) is 0. The van der Waals surface area contributed by atoms with Crippen molar-refractivity contribution in [2.45, 2.75) is 33.4 Å². The van der Waals surface area contributed by atoms with Crippen molar-refractivity contribution in [2.24, 2.45) is 0 Å². The number of aromatic nitrogens is 3. The third kappa shape index (κ3) is 3.48. The SMILES string of the molecule is Cc1cc(CN2CCc3nc(-c4cccnc4)[nH]c(=O)c3C2)cc(C)c1O. The van der Waals surface area contributed by atoms with Gasteiger partial charge in [-0.2, -0.15) is 0 Å². The Kier molecular flexibility index (Phi) is 4.49. The van der Waals surface area contributed by atoms with Gasteiger partial charge >= 0.3 is 0 Å². The van der Waals surface area contributed by atoms with Gasteiger partial charge in [-0.25, -0.2) is 4.98 Å². The standard InChI is InChI=1S/C21H22N4O2/c1-13-8-15(9-14(2)19(13)26)11-25-7-5-18-17(12-25)21(27)24-20(23-18)16-4-3-6-22-10-16/h3-4,6,8-10,26H,5,7,11-12H2,1-2H3,(H,23,24,27). The largest absolute Gasteiger partial charge is 0.507 e. The van der Waals surface area contributed by atoms with Crippen molar-refractivity contribution < 1.29 is 5.11 Å². The Labute approximate surface area is 157 Å². The fraction of sp³-hybridized carbons (Fsp3) is 0.286. The number of benzene rings is 1. The highest BCUT2D eigenvalue weighted by atomic mass is 16.3. The van der Waals surface area contributed by atoms with Crippen LogP contribution in [-0.2, 0) is 19.5 Å². The zero-order chi connectivity index (χ0) is 19.0. The summed E-state index contributed by atoms with van der Waals surface area (Å²) in [6.07, 6.45) is 4.14. The van der Waals surface area contributed by atoms with Crippen LogP contribution in [0.2, 0.25) is 0 Å². The molecule has 0 unspecified atom stereocenters. The fourth-order valence-corrected chi connectivity index (χ4v) is 3.65. The summed E-state index contributed by atoms with van der Waals surface area (Å²) in [4.78, 5) is 26.5. The molecule has 0 aliphatic carbocycles. The predicted octanol–water partition coefficient (Wildman–Crippen LogP) is 2.71. The lowest BCUT2D eigenvalue weighted by molar-refractivity contribution is 0.241. The number of nitrogens with one attached hydrogen (secondary N) is 1. The number of rotatable bonds is 3. The van der Waals surface area contributed by atoms with Gasteiger partial charge in [0.2, 0.25) is 0 Å². The molecule has 6 nitrogen and oxygen atoms in total. The van der Waals surface area contributed by atoms with E-state index in [1.807, 2.05) is 38.1 Å². The Morgan fingerprint density at radius 2 is 2.04 bits per heavy atom. The molecule has 0 radical (unpaired) electrons. The molecule has 4 rings (SSSR count). The molecule has 0 atom stereocenters. The first kappa shape index (κ1) is 17.4. The average Bonchev–Trinajstić information content (AvgIpc) is 2.67. The molecule has 2 N–H and O–H groups in total. The maximum absolute atomic E-state index is 12.6. The topological polar surface area (TPSA) is 82.1 Å². The summed E-state index contributed by atoms with van der Waals surface area (Å²) in [6, 6.07) is 7.73. The summed E-state index contributed by atoms with van der Waals surface area (Å²) < 4.78 is 0. The molecule has 1 aromatic carbocycles. The zero-order valence-electron chi connectivity index (χ0n) is 15.5. The van der Waals surface area contributed by atoms with Crippen LogP contribution in [0.3, 0.4) is 0 Å². The second-order valence-corrected chi connectivity index (χ2v) is 7.12. The number of phenolic OH excluding ortho intramolecular Hbond substituents is 1. The molecule has 27 heavy (non-hydrogen) atoms. The Morgan fingerprint density at radius 1 is 1.26 bits per heavy atom. The van der Waals surface area contributed by atoms with Gasteiger partial charge in [-0.15, -0.1) is 0 Å². The van der Waals surface area contributed by atoms with Gasteiger partial charge in [-0.1, -0.05) is 12.1 Å². The zero-order valence-corrected chi connectivity index (χ0v) is 15.5. The van der Waals surface area contributed by atoms with E-state index in [1.165, 1.54) is 0 Å². The van der Waals surface area contributed by atoms with E-state index in [2.05, 4.69) is 19.9 Å². The molecule has 1 aliphatic rings. The Morgan fingerprint density at radius 3 is 2.74 bits per heavy atom. The van der Waals surface area contributed by atoms with Gasteiger partial charge in [0, 0.05) is 44.0 Å². The lowest BCUT2D eigenvalue weighted by Gasteiger charge is -2.28. The number of aryl methyl sites for hydroxylation is 2. The van der Waals surface area contributed by atoms with Crippen molar-refractivity contribution in [3.05, 3.63) is 75.0 Å². The van der Waals surface area contributed by atoms with Crippen LogP contribution in [0.4, 0.5) is 0 Å². The number of fused-ring (bicyclic) bond motifs is 1. The Balaban J connectivity index is 1.58. The minimum atomic E-state index is -0.0818. The molecule has 6 heteroatoms. The number of hydrogen-bond donors (Lipinski definition) is 2. The van der Waals surface area contributed by atoms with Crippen molar-refractivity contribution in [3.8, 4) is 17.1 Å². The van der Waals surface area contributed by atoms with Crippen molar-refractivity contribution >= 4 is 0 Å². The molecule has 3 aromatic rings. The molecule has 0 fully saturated rings. The van der Waals surface area contributed by atoms with Gasteiger partial charge in [0.25, 0.3) is 5.56 Å². The normalized spacial score (nSPS) is 14.1. The first-order valence-electron chi connectivity index (χ1n) is 9.05. The summed E-state index contributed by atoms with van der Waals surface area (Å²) in [5, 5.41) is 9.95. The maximum atomic E-state index is 12.6. The summed E-state index contributed by atoms with van der Waals surface area (Å²) >= 11 is 0. The van der Waals surface area contributed by atoms with Crippen LogP contribution in [0.25, 0.3) is 11.4 Å². The van der Waals surface area contributed by atoms with Crippen molar-refractivity contribution in [1.29, 1.82) is 0 Å². The summed E-state index contributed by atoms with van der Waals surface area (Å²) in [5.41, 5.74) is 5.23. The van der Waals surface area contributed by atoms with Crippen LogP contribution in [-0.4, -0.2) is 31.5 Å². The van der Waals surface area contributed by atoms with Crippen molar-refractivity contribution in [1.82, 2.24) is 19.9 Å². The minimum Gasteiger partial charge on any atom is -0.507 e. The van der Waals surface area contributed by atoms with E-state index < -0.39 is 0 Å². The lowest BCUT2D eigenvalue weighted by Crippen LogP contribution is -2.35. The van der Waals surface area contributed by atoms with Gasteiger partial charge in [-0.3, -0.25) is 14.7 Å². The summed E-state index contributed by atoms with van der Waals surface area (Å²) in [6.45, 7) is 5.97. The minimum absolute atomic E-state index is 0.0818. The molecular weight excluding hydrogens is 340 g/mol. The van der Waals surface area contributed by atoms with Crippen LogP contribution in [0.5, 0.6) is 5.75 Å². The lowest BCUT2D eigenvalue weighted by atomic mass is 10.0. The molecular formula is C21H22N4O2. The van der Waals surface area contributed by atoms with E-state index in [9.17, 15) is 9.90 Å². The van der Waals surface area contributed by atoms with Gasteiger partial charge in [-0.05, 0) is 42.7 Å². The Hall–Kier alpha value is -2.99. The Bertz CT molecular complexity index is 1020. The van der Waals surface area contributed by atoms with E-state index in [4.69, 9.17) is 0 Å². The molecule has 138 valence electrons. The third-order valence-corrected chi connectivity index (χ3v) is 5.04. The van der Waals surface area contributed by atoms with E-state index in [-0.39, 0.29) is 5.56 Å². The fourth-order valence-electron chi connectivity index (χ4n) is 3.65. The van der Waals surface area contributed by atoms with Crippen LogP contribution >= 0.6 is 0 Å². The van der Waals surface area contributed by atoms with Crippen molar-refractivity contribution in [2.75, 3.05) is 6.54 Å². The summed E-state index contributed by atoms with van der Waals surface area (Å²) in [5.74, 6) is 0.927. The van der Waals surface area contributed by atoms with E-state index in [1.54, 1.807) is 12.4 Å². The number of H-pyrrole nitrogens is 1. The average molecular weight is 362 g/mol. The molecule has 0 bridgehead atoms. The first-order valence-corrected chi connectivity index (χ1v) is 9.05. The van der Waals surface area contributed by atoms with Crippen LogP contribution < -0.4 is 5.56 Å². The quantitative estimate of drug-likeness (QED) is 0.749. The van der Waals surface area contributed by atoms with Crippen LogP contribution in [0.15, 0.2) is 41.5 Å². The highest BCUT2D eigenvalue weighted by molar-refractivity contribution is 5.53. The number of aromatic amines is 1. The number of nitrogens with zero attached hydrogens (tertiary/aromatic N) is 3. The van der Waals surface area contributed by atoms with Gasteiger partial charge < -0.3 is 10.1 Å². The first-order chi connectivity index (χ1) is 13.0. The van der Waals surface area contributed by atoms with Crippen LogP contribution in [0, 0.1) is 13.8 Å². The van der Waals surface area contributed by atoms with Gasteiger partial charge in [0.05, 0.1) is 11.3 Å². The van der Waals surface area contributed by atoms with E-state index in [0.717, 1.165) is 53.0 Å². The number of pyridine rings is 1. The molecule has 1 aliphatic heterocycles. The highest BCUT2D eigenvalue weighted by Crippen LogP contribution is 2.25. The van der Waals surface area contributed by atoms with E-state index in [0.29, 0.717) is 18.1 Å². The molecule has 0 saturated heterocycles. The predicted molar refractivity (Wildman–Crippen MR) is 103 cm³/mol. The number of hydrogen-bond acceptors (Lipinski definition) is 5. The second-order valence-electron chi connectivity index (χ2n) is 7.12. The molecule has 0 saturated carbocycles. The number of aromatic hydroxyl groups is 1. The van der Waals surface area contributed by atoms with Crippen molar-refractivity contribution in [3.63, 3.8) is 0 Å². The molecule has 3 heterocycles. The number of phenols is 1. The van der Waals surface area contributed by atoms with E-state index >= 15 is 0 Å². The highest BCUT2D eigenvalue weighted by Gasteiger charge is 2.22. The smallest absolute Gasteiger partial charge is 0.255 e. The second kappa shape index (κ2) is 6.96. The monoisotopic (exact) mass is 362 g/mol. The van der Waals surface area contributed by atoms with Crippen LogP contribution in [0.1, 0.15) is 27.9 Å². The molecule has 2 aromatic heterocycles. The third-order valence-electron chi connectivity index (χ3n) is 5.04.